The molecule has 8 heteroatoms. The largest absolute Gasteiger partial charge is 0.338 e. The van der Waals surface area contributed by atoms with Gasteiger partial charge in [0.2, 0.25) is 20.9 Å². The number of nitrogens with zero attached hydrogens (tertiary/aromatic N) is 3. The number of hydrogen-bond acceptors (Lipinski definition) is 6. The van der Waals surface area contributed by atoms with Crippen molar-refractivity contribution < 1.29 is 12.9 Å². The molecule has 0 aliphatic carbocycles. The van der Waals surface area contributed by atoms with Gasteiger partial charge in [-0.2, -0.15) is 4.98 Å². The van der Waals surface area contributed by atoms with Gasteiger partial charge in [0, 0.05) is 6.42 Å². The average Bonchev–Trinajstić information content (AvgIpc) is 3.25. The van der Waals surface area contributed by atoms with Gasteiger partial charge in [0.05, 0.1) is 11.9 Å². The van der Waals surface area contributed by atoms with Crippen LogP contribution in [-0.2, 0) is 16.3 Å². The Morgan fingerprint density at radius 3 is 2.71 bits per heavy atom. The molecule has 0 saturated heterocycles. The van der Waals surface area contributed by atoms with E-state index in [9.17, 15) is 8.42 Å². The lowest BCUT2D eigenvalue weighted by Crippen LogP contribution is -2.12. The normalized spacial score (nSPS) is 13.1. The van der Waals surface area contributed by atoms with Crippen molar-refractivity contribution >= 4 is 9.84 Å². The number of sulfone groups is 1. The van der Waals surface area contributed by atoms with Crippen LogP contribution in [0, 0.1) is 0 Å². The molecule has 7 nitrogen and oxygen atoms in total. The van der Waals surface area contributed by atoms with Crippen molar-refractivity contribution in [3.63, 3.8) is 0 Å². The highest BCUT2D eigenvalue weighted by Gasteiger charge is 2.32. The van der Waals surface area contributed by atoms with Crippen LogP contribution in [0.5, 0.6) is 0 Å². The van der Waals surface area contributed by atoms with E-state index in [1.54, 1.807) is 0 Å². The molecular formula is C16H18N4O3S. The van der Waals surface area contributed by atoms with Crippen LogP contribution in [0.3, 0.4) is 0 Å². The third-order valence-corrected chi connectivity index (χ3v) is 5.56. The molecule has 126 valence electrons. The second-order valence-electron chi connectivity index (χ2n) is 5.45. The molecule has 0 spiro atoms. The molecule has 1 atom stereocenters. The summed E-state index contributed by atoms with van der Waals surface area (Å²) in [6.45, 7) is 3.51. The van der Waals surface area contributed by atoms with Crippen molar-refractivity contribution in [2.24, 2.45) is 0 Å². The summed E-state index contributed by atoms with van der Waals surface area (Å²) in [6.07, 6.45) is 3.01. The summed E-state index contributed by atoms with van der Waals surface area (Å²) in [6, 6.07) is 9.40. The minimum absolute atomic E-state index is 0.0797. The smallest absolute Gasteiger partial charge is 0.245 e. The summed E-state index contributed by atoms with van der Waals surface area (Å²) < 4.78 is 30.5. The number of benzene rings is 1. The molecule has 0 fully saturated rings. The molecule has 3 aromatic rings. The lowest BCUT2D eigenvalue weighted by molar-refractivity contribution is 0.370. The van der Waals surface area contributed by atoms with E-state index in [1.165, 1.54) is 13.1 Å². The van der Waals surface area contributed by atoms with Gasteiger partial charge in [-0.25, -0.2) is 13.4 Å². The topological polar surface area (TPSA) is 102 Å². The van der Waals surface area contributed by atoms with E-state index < -0.39 is 15.1 Å². The minimum Gasteiger partial charge on any atom is -0.338 e. The van der Waals surface area contributed by atoms with E-state index >= 15 is 0 Å². The van der Waals surface area contributed by atoms with Gasteiger partial charge in [0.1, 0.15) is 5.25 Å². The van der Waals surface area contributed by atoms with E-state index in [1.807, 2.05) is 37.3 Å². The molecule has 0 bridgehead atoms. The number of imidazole rings is 1. The minimum atomic E-state index is -3.74. The second-order valence-corrected chi connectivity index (χ2v) is 7.64. The summed E-state index contributed by atoms with van der Waals surface area (Å²) >= 11 is 0. The van der Waals surface area contributed by atoms with Crippen molar-refractivity contribution in [2.75, 3.05) is 0 Å². The Balaban J connectivity index is 1.88. The van der Waals surface area contributed by atoms with Crippen molar-refractivity contribution in [3.05, 3.63) is 48.2 Å². The number of aromatic nitrogens is 4. The molecule has 24 heavy (non-hydrogen) atoms. The number of nitrogens with one attached hydrogen (secondary N) is 1. The van der Waals surface area contributed by atoms with Crippen LogP contribution < -0.4 is 0 Å². The first-order chi connectivity index (χ1) is 11.5. The van der Waals surface area contributed by atoms with Crippen LogP contribution in [-0.4, -0.2) is 28.5 Å². The van der Waals surface area contributed by atoms with Gasteiger partial charge in [0.15, 0.2) is 5.82 Å². The molecule has 2 heterocycles. The molecule has 0 amide bonds. The molecule has 3 rings (SSSR count). The molecule has 0 radical (unpaired) electrons. The monoisotopic (exact) mass is 346 g/mol. The van der Waals surface area contributed by atoms with E-state index in [4.69, 9.17) is 4.52 Å². The highest BCUT2D eigenvalue weighted by molar-refractivity contribution is 7.91. The zero-order chi connectivity index (χ0) is 17.2. The standard InChI is InChI=1S/C16H18N4O3S/c1-3-7-14-19-15(23-20-14)11(2)24(21,22)16-17-10-13(18-16)12-8-5-4-6-9-12/h4-6,8-11H,3,7H2,1-2H3,(H,17,18)/t11-/m0/s1. The highest BCUT2D eigenvalue weighted by Crippen LogP contribution is 2.27. The molecule has 0 aliphatic heterocycles. The molecule has 1 N–H and O–H groups in total. The maximum Gasteiger partial charge on any atom is 0.245 e. The van der Waals surface area contributed by atoms with Gasteiger partial charge in [-0.05, 0) is 18.9 Å². The summed E-state index contributed by atoms with van der Waals surface area (Å²) in [7, 11) is -3.74. The second kappa shape index (κ2) is 6.56. The van der Waals surface area contributed by atoms with E-state index in [0.717, 1.165) is 12.0 Å². The number of H-pyrrole nitrogens is 1. The molecule has 0 unspecified atom stereocenters. The maximum atomic E-state index is 12.7. The van der Waals surface area contributed by atoms with Gasteiger partial charge >= 0.3 is 0 Å². The summed E-state index contributed by atoms with van der Waals surface area (Å²) in [5.41, 5.74) is 1.50. The predicted octanol–water partition coefficient (Wildman–Crippen LogP) is 2.95. The number of aryl methyl sites for hydroxylation is 1. The molecular weight excluding hydrogens is 328 g/mol. The van der Waals surface area contributed by atoms with E-state index in [-0.39, 0.29) is 11.0 Å². The first kappa shape index (κ1) is 16.4. The van der Waals surface area contributed by atoms with Crippen LogP contribution in [0.2, 0.25) is 0 Å². The molecule has 0 aliphatic rings. The number of hydrogen-bond donors (Lipinski definition) is 1. The van der Waals surface area contributed by atoms with Crippen molar-refractivity contribution in [3.8, 4) is 11.3 Å². The Kier molecular flexibility index (Phi) is 4.48. The van der Waals surface area contributed by atoms with Crippen LogP contribution in [0.1, 0.15) is 37.2 Å². The Bertz CT molecular complexity index is 916. The molecule has 2 aromatic heterocycles. The number of rotatable bonds is 6. The van der Waals surface area contributed by atoms with Gasteiger partial charge < -0.3 is 9.51 Å². The maximum absolute atomic E-state index is 12.7. The zero-order valence-electron chi connectivity index (χ0n) is 13.4. The van der Waals surface area contributed by atoms with Crippen molar-refractivity contribution in [1.82, 2.24) is 20.1 Å². The third-order valence-electron chi connectivity index (χ3n) is 3.68. The fourth-order valence-electron chi connectivity index (χ4n) is 2.27. The fraction of sp³-hybridized carbons (Fsp3) is 0.312. The van der Waals surface area contributed by atoms with Crippen LogP contribution >= 0.6 is 0 Å². The fourth-order valence-corrected chi connectivity index (χ4v) is 3.42. The summed E-state index contributed by atoms with van der Waals surface area (Å²) in [4.78, 5) is 11.0. The third kappa shape index (κ3) is 3.09. The lowest BCUT2D eigenvalue weighted by atomic mass is 10.2. The SMILES string of the molecule is CCCc1noc([C@H](C)S(=O)(=O)c2ncc(-c3ccccc3)[nH]2)n1. The first-order valence-corrected chi connectivity index (χ1v) is 9.23. The van der Waals surface area contributed by atoms with Crippen LogP contribution in [0.4, 0.5) is 0 Å². The van der Waals surface area contributed by atoms with Gasteiger partial charge in [0.25, 0.3) is 0 Å². The van der Waals surface area contributed by atoms with Crippen molar-refractivity contribution in [2.45, 2.75) is 37.1 Å². The Morgan fingerprint density at radius 2 is 2.00 bits per heavy atom. The van der Waals surface area contributed by atoms with Crippen LogP contribution in [0.15, 0.2) is 46.2 Å². The van der Waals surface area contributed by atoms with E-state index in [0.29, 0.717) is 17.9 Å². The molecule has 0 saturated carbocycles. The average molecular weight is 346 g/mol. The lowest BCUT2D eigenvalue weighted by Gasteiger charge is -2.05. The first-order valence-electron chi connectivity index (χ1n) is 7.69. The van der Waals surface area contributed by atoms with Gasteiger partial charge in [-0.15, -0.1) is 0 Å². The van der Waals surface area contributed by atoms with Gasteiger partial charge in [-0.3, -0.25) is 0 Å². The van der Waals surface area contributed by atoms with E-state index in [2.05, 4.69) is 20.1 Å². The van der Waals surface area contributed by atoms with Crippen molar-refractivity contribution in [1.29, 1.82) is 0 Å². The molecule has 1 aromatic carbocycles. The Labute approximate surface area is 140 Å². The summed E-state index contributed by atoms with van der Waals surface area (Å²) in [5.74, 6) is 0.593. The number of aromatic amines is 1. The Morgan fingerprint density at radius 1 is 1.25 bits per heavy atom. The highest BCUT2D eigenvalue weighted by atomic mass is 32.2. The Hall–Kier alpha value is -2.48. The van der Waals surface area contributed by atoms with Gasteiger partial charge in [-0.1, -0.05) is 42.4 Å². The van der Waals surface area contributed by atoms with Crippen LogP contribution in [0.25, 0.3) is 11.3 Å². The summed E-state index contributed by atoms with van der Waals surface area (Å²) in [5, 5.41) is 2.73. The zero-order valence-corrected chi connectivity index (χ0v) is 14.2. The predicted molar refractivity (Wildman–Crippen MR) is 87.9 cm³/mol. The quantitative estimate of drug-likeness (QED) is 0.736.